The van der Waals surface area contributed by atoms with Crippen LogP contribution in [0.4, 0.5) is 0 Å². The maximum absolute atomic E-state index is 12.5. The number of halogens is 1. The van der Waals surface area contributed by atoms with E-state index in [9.17, 15) is 9.59 Å². The number of hydrogen-bond donors (Lipinski definition) is 2. The van der Waals surface area contributed by atoms with Gasteiger partial charge in [0.25, 0.3) is 0 Å². The van der Waals surface area contributed by atoms with E-state index in [0.717, 1.165) is 18.4 Å². The van der Waals surface area contributed by atoms with Crippen molar-refractivity contribution < 1.29 is 14.7 Å². The average molecular weight is 324 g/mol. The number of carbonyl (C=O) groups excluding carboxylic acids is 1. The van der Waals surface area contributed by atoms with E-state index in [1.165, 1.54) is 0 Å². The topological polar surface area (TPSA) is 66.4 Å². The third-order valence-corrected chi connectivity index (χ3v) is 4.61. The molecular formula is C17H22ClNO3. The van der Waals surface area contributed by atoms with Crippen molar-refractivity contribution in [2.75, 3.05) is 0 Å². The number of amides is 1. The summed E-state index contributed by atoms with van der Waals surface area (Å²) < 4.78 is 0. The van der Waals surface area contributed by atoms with E-state index in [1.54, 1.807) is 6.07 Å². The van der Waals surface area contributed by atoms with Crippen molar-refractivity contribution >= 4 is 23.5 Å². The van der Waals surface area contributed by atoms with E-state index in [0.29, 0.717) is 17.9 Å². The van der Waals surface area contributed by atoms with Crippen molar-refractivity contribution in [2.24, 2.45) is 11.8 Å². The van der Waals surface area contributed by atoms with Crippen LogP contribution in [0, 0.1) is 11.8 Å². The minimum absolute atomic E-state index is 0.0732. The smallest absolute Gasteiger partial charge is 0.306 e. The molecule has 120 valence electrons. The molecule has 1 saturated carbocycles. The quantitative estimate of drug-likeness (QED) is 0.890. The Morgan fingerprint density at radius 2 is 1.95 bits per heavy atom. The fourth-order valence-electron chi connectivity index (χ4n) is 3.01. The minimum atomic E-state index is -0.799. The van der Waals surface area contributed by atoms with E-state index < -0.39 is 17.4 Å². The molecule has 1 aliphatic rings. The van der Waals surface area contributed by atoms with Gasteiger partial charge in [-0.1, -0.05) is 30.2 Å². The van der Waals surface area contributed by atoms with Crippen LogP contribution in [0.15, 0.2) is 24.3 Å². The lowest BCUT2D eigenvalue weighted by Crippen LogP contribution is -2.45. The minimum Gasteiger partial charge on any atom is -0.481 e. The van der Waals surface area contributed by atoms with Crippen molar-refractivity contribution in [1.82, 2.24) is 5.32 Å². The summed E-state index contributed by atoms with van der Waals surface area (Å²) >= 11 is 6.01. The van der Waals surface area contributed by atoms with Gasteiger partial charge in [0.2, 0.25) is 5.91 Å². The van der Waals surface area contributed by atoms with Gasteiger partial charge in [0.05, 0.1) is 11.5 Å². The number of nitrogens with one attached hydrogen (secondary N) is 1. The summed E-state index contributed by atoms with van der Waals surface area (Å²) in [4.78, 5) is 23.6. The molecule has 5 heteroatoms. The van der Waals surface area contributed by atoms with Crippen molar-refractivity contribution in [1.29, 1.82) is 0 Å². The molecule has 0 spiro atoms. The highest BCUT2D eigenvalue weighted by Crippen LogP contribution is 2.31. The lowest BCUT2D eigenvalue weighted by molar-refractivity contribution is -0.144. The first-order chi connectivity index (χ1) is 10.3. The maximum Gasteiger partial charge on any atom is 0.306 e. The van der Waals surface area contributed by atoms with Crippen molar-refractivity contribution in [3.05, 3.63) is 34.9 Å². The Hall–Kier alpha value is -1.55. The zero-order valence-electron chi connectivity index (χ0n) is 12.9. The monoisotopic (exact) mass is 323 g/mol. The van der Waals surface area contributed by atoms with E-state index in [4.69, 9.17) is 16.7 Å². The highest BCUT2D eigenvalue weighted by atomic mass is 35.5. The molecular weight excluding hydrogens is 302 g/mol. The number of carboxylic acids is 1. The molecule has 22 heavy (non-hydrogen) atoms. The van der Waals surface area contributed by atoms with Gasteiger partial charge in [0, 0.05) is 10.9 Å². The molecule has 0 radical (unpaired) electrons. The van der Waals surface area contributed by atoms with E-state index >= 15 is 0 Å². The highest BCUT2D eigenvalue weighted by molar-refractivity contribution is 6.30. The molecule has 2 unspecified atom stereocenters. The molecule has 0 saturated heterocycles. The summed E-state index contributed by atoms with van der Waals surface area (Å²) in [6.07, 6.45) is 2.62. The first kappa shape index (κ1) is 16.8. The Morgan fingerprint density at radius 1 is 1.27 bits per heavy atom. The van der Waals surface area contributed by atoms with E-state index in [2.05, 4.69) is 5.32 Å². The molecule has 4 nitrogen and oxygen atoms in total. The Kier molecular flexibility index (Phi) is 5.12. The van der Waals surface area contributed by atoms with Gasteiger partial charge in [-0.15, -0.1) is 0 Å². The molecule has 2 atom stereocenters. The zero-order chi connectivity index (χ0) is 16.3. The molecule has 0 aromatic heterocycles. The predicted octanol–water partition coefficient (Wildman–Crippen LogP) is 3.58. The molecule has 1 aliphatic carbocycles. The second kappa shape index (κ2) is 6.69. The number of aliphatic carboxylic acids is 1. The average Bonchev–Trinajstić information content (AvgIpc) is 2.47. The third kappa shape index (κ3) is 4.01. The van der Waals surface area contributed by atoms with Gasteiger partial charge in [-0.3, -0.25) is 9.59 Å². The summed E-state index contributed by atoms with van der Waals surface area (Å²) in [5.74, 6) is -1.50. The van der Waals surface area contributed by atoms with Crippen LogP contribution < -0.4 is 5.32 Å². The predicted molar refractivity (Wildman–Crippen MR) is 85.7 cm³/mol. The van der Waals surface area contributed by atoms with Crippen LogP contribution in [0.3, 0.4) is 0 Å². The zero-order valence-corrected chi connectivity index (χ0v) is 13.7. The summed E-state index contributed by atoms with van der Waals surface area (Å²) in [6.45, 7) is 3.85. The molecule has 2 N–H and O–H groups in total. The third-order valence-electron chi connectivity index (χ3n) is 4.38. The standard InChI is InChI=1S/C17H22ClNO3/c1-17(2,13-7-4-8-14(18)10-13)19-15(20)11-5-3-6-12(9-11)16(21)22/h4,7-8,10-12H,3,5-6,9H2,1-2H3,(H,19,20)(H,21,22). The Balaban J connectivity index is 2.05. The van der Waals surface area contributed by atoms with Gasteiger partial charge in [0.15, 0.2) is 0 Å². The van der Waals surface area contributed by atoms with Crippen molar-refractivity contribution in [3.63, 3.8) is 0 Å². The lowest BCUT2D eigenvalue weighted by Gasteiger charge is -2.32. The highest BCUT2D eigenvalue weighted by Gasteiger charge is 2.33. The molecule has 2 rings (SSSR count). The van der Waals surface area contributed by atoms with Gasteiger partial charge in [0.1, 0.15) is 0 Å². The normalized spacial score (nSPS) is 22.1. The Morgan fingerprint density at radius 3 is 2.59 bits per heavy atom. The first-order valence-corrected chi connectivity index (χ1v) is 7.98. The molecule has 0 bridgehead atoms. The fourth-order valence-corrected chi connectivity index (χ4v) is 3.20. The van der Waals surface area contributed by atoms with Crippen molar-refractivity contribution in [3.8, 4) is 0 Å². The second-order valence-electron chi connectivity index (χ2n) is 6.52. The number of hydrogen-bond acceptors (Lipinski definition) is 2. The van der Waals surface area contributed by atoms with Gasteiger partial charge >= 0.3 is 5.97 Å². The van der Waals surface area contributed by atoms with Crippen LogP contribution >= 0.6 is 11.6 Å². The Labute approximate surface area is 135 Å². The van der Waals surface area contributed by atoms with Crippen molar-refractivity contribution in [2.45, 2.75) is 45.1 Å². The van der Waals surface area contributed by atoms with Gasteiger partial charge in [-0.2, -0.15) is 0 Å². The number of carboxylic acid groups (broad SMARTS) is 1. The number of carbonyl (C=O) groups is 2. The van der Waals surface area contributed by atoms with Crippen LogP contribution in [-0.4, -0.2) is 17.0 Å². The van der Waals surface area contributed by atoms with E-state index in [-0.39, 0.29) is 11.8 Å². The van der Waals surface area contributed by atoms with Gasteiger partial charge in [-0.25, -0.2) is 0 Å². The molecule has 1 amide bonds. The molecule has 1 fully saturated rings. The van der Waals surface area contributed by atoms with E-state index in [1.807, 2.05) is 32.0 Å². The Bertz CT molecular complexity index is 571. The number of rotatable bonds is 4. The maximum atomic E-state index is 12.5. The largest absolute Gasteiger partial charge is 0.481 e. The molecule has 0 heterocycles. The summed E-state index contributed by atoms with van der Waals surface area (Å²) in [5.41, 5.74) is 0.386. The SMILES string of the molecule is CC(C)(NC(=O)C1CCCC(C(=O)O)C1)c1cccc(Cl)c1. The molecule has 1 aromatic carbocycles. The van der Waals surface area contributed by atoms with Crippen LogP contribution in [0.2, 0.25) is 5.02 Å². The fraction of sp³-hybridized carbons (Fsp3) is 0.529. The van der Waals surface area contributed by atoms with Crippen LogP contribution in [0.5, 0.6) is 0 Å². The number of benzene rings is 1. The molecule has 1 aromatic rings. The van der Waals surface area contributed by atoms with Crippen LogP contribution in [-0.2, 0) is 15.1 Å². The van der Waals surface area contributed by atoms with Crippen LogP contribution in [0.1, 0.15) is 45.1 Å². The van der Waals surface area contributed by atoms with Gasteiger partial charge in [-0.05, 0) is 50.8 Å². The lowest BCUT2D eigenvalue weighted by atomic mass is 9.80. The van der Waals surface area contributed by atoms with Gasteiger partial charge < -0.3 is 10.4 Å². The first-order valence-electron chi connectivity index (χ1n) is 7.60. The van der Waals surface area contributed by atoms with Crippen LogP contribution in [0.25, 0.3) is 0 Å². The molecule has 0 aliphatic heterocycles. The second-order valence-corrected chi connectivity index (χ2v) is 6.96. The summed E-state index contributed by atoms with van der Waals surface area (Å²) in [7, 11) is 0. The summed E-state index contributed by atoms with van der Waals surface area (Å²) in [6, 6.07) is 7.41. The summed E-state index contributed by atoms with van der Waals surface area (Å²) in [5, 5.41) is 12.8.